The average Bonchev–Trinajstić information content (AvgIpc) is 3.86. The summed E-state index contributed by atoms with van der Waals surface area (Å²) in [7, 11) is 1.87. The van der Waals surface area contributed by atoms with Crippen LogP contribution in [0.4, 0.5) is 18.9 Å². The molecule has 3 aromatic heterocycles. The van der Waals surface area contributed by atoms with Crippen molar-refractivity contribution in [2.24, 2.45) is 0 Å². The number of nitrogens with one attached hydrogen (secondary N) is 2. The van der Waals surface area contributed by atoms with Crippen LogP contribution in [0.2, 0.25) is 10.0 Å². The first-order chi connectivity index (χ1) is 24.4. The molecule has 5 heterocycles. The fourth-order valence-corrected chi connectivity index (χ4v) is 7.75. The molecule has 51 heavy (non-hydrogen) atoms. The quantitative estimate of drug-likeness (QED) is 0.195. The number of aromatic amines is 2. The lowest BCUT2D eigenvalue weighted by Gasteiger charge is -2.37. The van der Waals surface area contributed by atoms with E-state index >= 15 is 0 Å². The highest BCUT2D eigenvalue weighted by Gasteiger charge is 2.49. The molecule has 6 aromatic rings. The Hall–Kier alpha value is -5.08. The summed E-state index contributed by atoms with van der Waals surface area (Å²) in [5, 5.41) is 5.30. The Kier molecular flexibility index (Phi) is 7.98. The van der Waals surface area contributed by atoms with Crippen molar-refractivity contribution in [3.63, 3.8) is 0 Å². The van der Waals surface area contributed by atoms with Crippen LogP contribution in [0.1, 0.15) is 62.6 Å². The zero-order valence-electron chi connectivity index (χ0n) is 27.3. The largest absolute Gasteiger partial charge is 0.413 e. The van der Waals surface area contributed by atoms with E-state index in [1.165, 1.54) is 6.07 Å². The van der Waals surface area contributed by atoms with Crippen molar-refractivity contribution in [1.29, 1.82) is 0 Å². The second-order valence-electron chi connectivity index (χ2n) is 12.8. The van der Waals surface area contributed by atoms with E-state index in [4.69, 9.17) is 23.2 Å². The van der Waals surface area contributed by atoms with Crippen molar-refractivity contribution in [1.82, 2.24) is 39.5 Å². The summed E-state index contributed by atoms with van der Waals surface area (Å²) in [5.41, 5.74) is 4.82. The van der Waals surface area contributed by atoms with Crippen LogP contribution in [0.15, 0.2) is 60.8 Å². The third-order valence-corrected chi connectivity index (χ3v) is 10.5. The molecule has 2 atom stereocenters. The minimum absolute atomic E-state index is 0.0627. The molecular formula is C35H30Cl2F3N9O2. The molecule has 0 radical (unpaired) electrons. The normalized spacial score (nSPS) is 17.5. The van der Waals surface area contributed by atoms with Gasteiger partial charge in [-0.1, -0.05) is 59.6 Å². The van der Waals surface area contributed by atoms with Gasteiger partial charge in [0.25, 0.3) is 11.8 Å². The smallest absolute Gasteiger partial charge is 0.367 e. The van der Waals surface area contributed by atoms with Gasteiger partial charge in [0.15, 0.2) is 17.7 Å². The molecule has 2 unspecified atom stereocenters. The third-order valence-electron chi connectivity index (χ3n) is 9.75. The van der Waals surface area contributed by atoms with Crippen molar-refractivity contribution in [3.8, 4) is 0 Å². The van der Waals surface area contributed by atoms with Gasteiger partial charge in [0.1, 0.15) is 11.0 Å². The lowest BCUT2D eigenvalue weighted by molar-refractivity contribution is -0.181. The Morgan fingerprint density at radius 1 is 0.902 bits per heavy atom. The average molecular weight is 737 g/mol. The van der Waals surface area contributed by atoms with E-state index in [0.717, 1.165) is 16.3 Å². The van der Waals surface area contributed by atoms with Gasteiger partial charge >= 0.3 is 6.18 Å². The summed E-state index contributed by atoms with van der Waals surface area (Å²) >= 11 is 13.2. The van der Waals surface area contributed by atoms with E-state index in [0.29, 0.717) is 58.8 Å². The van der Waals surface area contributed by atoms with Crippen LogP contribution in [0.5, 0.6) is 0 Å². The summed E-state index contributed by atoms with van der Waals surface area (Å²) in [4.78, 5) is 46.6. The second-order valence-corrected chi connectivity index (χ2v) is 13.6. The Morgan fingerprint density at radius 2 is 1.61 bits per heavy atom. The molecule has 0 spiro atoms. The van der Waals surface area contributed by atoms with Crippen molar-refractivity contribution < 1.29 is 22.8 Å². The summed E-state index contributed by atoms with van der Waals surface area (Å²) in [6, 6.07) is 12.7. The predicted molar refractivity (Wildman–Crippen MR) is 186 cm³/mol. The maximum absolute atomic E-state index is 14.3. The number of anilines is 1. The molecule has 0 aliphatic carbocycles. The first-order valence-corrected chi connectivity index (χ1v) is 17.0. The Morgan fingerprint density at radius 3 is 2.35 bits per heavy atom. The first kappa shape index (κ1) is 33.1. The van der Waals surface area contributed by atoms with Gasteiger partial charge in [-0.3, -0.25) is 14.3 Å². The van der Waals surface area contributed by atoms with Gasteiger partial charge in [-0.15, -0.1) is 0 Å². The maximum atomic E-state index is 14.3. The van der Waals surface area contributed by atoms with Gasteiger partial charge in [0.2, 0.25) is 0 Å². The highest BCUT2D eigenvalue weighted by Crippen LogP contribution is 2.43. The standard InChI is InChI=1S/C35H30Cl2F3N9O2/c1-18-29-25(16-41-49(29)15-14-47(18)33(50)31-42-23-9-5-8-22(36)27(23)44-31)46(2)17-20-10-11-24-28(26(20)37)45-32(43-24)34(51)48-13-12-19-6-3-4-7-21(19)30(48)35(38,39)40/h3-11,16,18,30H,12-15,17H2,1-2H3,(H,42,44)(H,43,45). The highest BCUT2D eigenvalue weighted by atomic mass is 35.5. The SMILES string of the molecule is CC1c2c(N(C)Cc3ccc4[nH]c(C(=O)N5CCc6ccccc6C5C(F)(F)F)nc4c3Cl)cnn2CCN1C(=O)c1nc2c(Cl)cccc2[nH]1. The number of halogens is 5. The van der Waals surface area contributed by atoms with Crippen LogP contribution in [0.3, 0.4) is 0 Å². The van der Waals surface area contributed by atoms with Crippen molar-refractivity contribution in [2.75, 3.05) is 25.0 Å². The molecule has 2 amide bonds. The molecule has 0 saturated carbocycles. The number of benzene rings is 3. The number of rotatable bonds is 5. The van der Waals surface area contributed by atoms with Gasteiger partial charge in [-0.2, -0.15) is 18.3 Å². The molecule has 0 bridgehead atoms. The van der Waals surface area contributed by atoms with Gasteiger partial charge in [-0.25, -0.2) is 9.97 Å². The molecule has 11 nitrogen and oxygen atoms in total. The van der Waals surface area contributed by atoms with Crippen LogP contribution >= 0.6 is 23.2 Å². The predicted octanol–water partition coefficient (Wildman–Crippen LogP) is 7.10. The number of nitrogens with zero attached hydrogens (tertiary/aromatic N) is 7. The molecule has 3 aromatic carbocycles. The molecule has 16 heteroatoms. The minimum atomic E-state index is -4.68. The van der Waals surface area contributed by atoms with Crippen molar-refractivity contribution in [3.05, 3.63) is 105 Å². The van der Waals surface area contributed by atoms with Crippen LogP contribution in [0, 0.1) is 0 Å². The van der Waals surface area contributed by atoms with E-state index in [1.807, 2.05) is 29.6 Å². The summed E-state index contributed by atoms with van der Waals surface area (Å²) in [6.07, 6.45) is -2.64. The molecule has 2 aliphatic rings. The van der Waals surface area contributed by atoms with Crippen LogP contribution in [0.25, 0.3) is 22.1 Å². The number of fused-ring (bicyclic) bond motifs is 4. The van der Waals surface area contributed by atoms with Gasteiger partial charge < -0.3 is 24.7 Å². The van der Waals surface area contributed by atoms with Crippen LogP contribution < -0.4 is 4.90 Å². The first-order valence-electron chi connectivity index (χ1n) is 16.2. The van der Waals surface area contributed by atoms with Gasteiger partial charge in [0.05, 0.1) is 51.2 Å². The number of carbonyl (C=O) groups excluding carboxylic acids is 2. The van der Waals surface area contributed by atoms with Crippen molar-refractivity contribution in [2.45, 2.75) is 44.7 Å². The monoisotopic (exact) mass is 735 g/mol. The van der Waals surface area contributed by atoms with Crippen LogP contribution in [-0.4, -0.2) is 77.6 Å². The number of amides is 2. The van der Waals surface area contributed by atoms with E-state index < -0.39 is 18.1 Å². The number of carbonyl (C=O) groups is 2. The number of para-hydroxylation sites is 1. The fourth-order valence-electron chi connectivity index (χ4n) is 7.26. The van der Waals surface area contributed by atoms with Crippen LogP contribution in [-0.2, 0) is 19.5 Å². The Labute approximate surface area is 299 Å². The second kappa shape index (κ2) is 12.3. The third kappa shape index (κ3) is 5.57. The molecule has 8 rings (SSSR count). The number of alkyl halides is 3. The fraction of sp³-hybridized carbons (Fsp3) is 0.286. The topological polar surface area (TPSA) is 119 Å². The zero-order chi connectivity index (χ0) is 35.8. The number of imidazole rings is 2. The molecule has 262 valence electrons. The summed E-state index contributed by atoms with van der Waals surface area (Å²) in [6.45, 7) is 3.05. The van der Waals surface area contributed by atoms with E-state index in [2.05, 4.69) is 25.0 Å². The molecule has 0 saturated heterocycles. The number of aromatic nitrogens is 6. The summed E-state index contributed by atoms with van der Waals surface area (Å²) < 4.78 is 44.9. The summed E-state index contributed by atoms with van der Waals surface area (Å²) in [5.74, 6) is -1.14. The Balaban J connectivity index is 1.04. The van der Waals surface area contributed by atoms with E-state index in [1.54, 1.807) is 53.6 Å². The van der Waals surface area contributed by atoms with Gasteiger partial charge in [-0.05, 0) is 48.2 Å². The molecular weight excluding hydrogens is 706 g/mol. The van der Waals surface area contributed by atoms with E-state index in [9.17, 15) is 22.8 Å². The molecule has 2 aliphatic heterocycles. The van der Waals surface area contributed by atoms with Crippen molar-refractivity contribution >= 4 is 62.8 Å². The van der Waals surface area contributed by atoms with E-state index in [-0.39, 0.29) is 46.2 Å². The zero-order valence-corrected chi connectivity index (χ0v) is 28.8. The van der Waals surface area contributed by atoms with Gasteiger partial charge in [0, 0.05) is 26.7 Å². The molecule has 2 N–H and O–H groups in total. The lowest BCUT2D eigenvalue weighted by atomic mass is 9.92. The molecule has 0 fully saturated rings. The number of H-pyrrole nitrogens is 2. The Bertz CT molecular complexity index is 2350. The highest BCUT2D eigenvalue weighted by molar-refractivity contribution is 6.36. The maximum Gasteiger partial charge on any atom is 0.413 e. The number of hydrogen-bond acceptors (Lipinski definition) is 6. The lowest BCUT2D eigenvalue weighted by Crippen LogP contribution is -2.46. The number of hydrogen-bond donors (Lipinski definition) is 2. The minimum Gasteiger partial charge on any atom is -0.367 e.